The fraction of sp³-hybridized carbons (Fsp3) is 0.421. The van der Waals surface area contributed by atoms with E-state index in [2.05, 4.69) is 41.0 Å². The van der Waals surface area contributed by atoms with Crippen LogP contribution >= 0.6 is 0 Å². The molecule has 1 saturated heterocycles. The summed E-state index contributed by atoms with van der Waals surface area (Å²) in [7, 11) is 0. The van der Waals surface area contributed by atoms with Crippen LogP contribution in [-0.2, 0) is 17.7 Å². The Bertz CT molecular complexity index is 1680. The van der Waals surface area contributed by atoms with Crippen LogP contribution in [-0.4, -0.2) is 71.6 Å². The maximum absolute atomic E-state index is 12.9. The number of rotatable bonds is 8. The second-order valence-electron chi connectivity index (χ2n) is 13.8. The molecule has 0 N–H and O–H groups in total. The van der Waals surface area contributed by atoms with E-state index in [4.69, 9.17) is 4.74 Å². The van der Waals surface area contributed by atoms with E-state index in [-0.39, 0.29) is 30.0 Å². The van der Waals surface area contributed by atoms with Gasteiger partial charge in [-0.1, -0.05) is 24.3 Å². The van der Waals surface area contributed by atoms with Crippen LogP contribution in [0.1, 0.15) is 84.4 Å². The van der Waals surface area contributed by atoms with Gasteiger partial charge in [-0.2, -0.15) is 5.26 Å². The molecule has 3 aromatic rings. The Morgan fingerprint density at radius 3 is 2.34 bits per heavy atom. The van der Waals surface area contributed by atoms with Gasteiger partial charge < -0.3 is 14.5 Å². The molecule has 3 aliphatic heterocycles. The Kier molecular flexibility index (Phi) is 9.07. The summed E-state index contributed by atoms with van der Waals surface area (Å²) in [5.41, 5.74) is 5.29. The number of likely N-dealkylation sites (tertiary alicyclic amines) is 1. The normalized spacial score (nSPS) is 17.3. The number of piperidine rings is 1. The van der Waals surface area contributed by atoms with E-state index >= 15 is 0 Å². The molecule has 3 aromatic carbocycles. The lowest BCUT2D eigenvalue weighted by Gasteiger charge is -2.42. The number of hydrogen-bond acceptors (Lipinski definition) is 7. The van der Waals surface area contributed by atoms with Gasteiger partial charge in [0.1, 0.15) is 5.60 Å². The smallest absolute Gasteiger partial charge is 0.414 e. The lowest BCUT2D eigenvalue weighted by Crippen LogP contribution is -2.48. The van der Waals surface area contributed by atoms with Crippen LogP contribution in [0.3, 0.4) is 0 Å². The van der Waals surface area contributed by atoms with Crippen LogP contribution < -0.4 is 9.80 Å². The van der Waals surface area contributed by atoms with Crippen molar-refractivity contribution in [2.45, 2.75) is 77.6 Å². The Morgan fingerprint density at radius 1 is 0.979 bits per heavy atom. The predicted octanol–water partition coefficient (Wildman–Crippen LogP) is 6.40. The molecule has 9 heteroatoms. The molecule has 0 aromatic heterocycles. The van der Waals surface area contributed by atoms with E-state index in [1.807, 2.05) is 45.0 Å². The first kappa shape index (κ1) is 32.3. The molecule has 3 aliphatic rings. The van der Waals surface area contributed by atoms with E-state index in [0.29, 0.717) is 36.3 Å². The van der Waals surface area contributed by atoms with Crippen molar-refractivity contribution in [1.29, 1.82) is 5.26 Å². The van der Waals surface area contributed by atoms with Gasteiger partial charge in [0.2, 0.25) is 0 Å². The second kappa shape index (κ2) is 13.2. The van der Waals surface area contributed by atoms with Crippen LogP contribution in [0, 0.1) is 11.3 Å². The van der Waals surface area contributed by atoms with Crippen molar-refractivity contribution in [3.05, 3.63) is 94.5 Å². The monoisotopic (exact) mass is 633 g/mol. The van der Waals surface area contributed by atoms with Crippen molar-refractivity contribution < 1.29 is 19.1 Å². The van der Waals surface area contributed by atoms with Gasteiger partial charge >= 0.3 is 6.09 Å². The maximum Gasteiger partial charge on any atom is 0.414 e. The molecule has 0 spiro atoms. The quantitative estimate of drug-likeness (QED) is 0.265. The molecule has 1 atom stereocenters. The summed E-state index contributed by atoms with van der Waals surface area (Å²) in [4.78, 5) is 46.7. The van der Waals surface area contributed by atoms with E-state index in [1.165, 1.54) is 4.90 Å². The lowest BCUT2D eigenvalue weighted by molar-refractivity contribution is 0.0580. The summed E-state index contributed by atoms with van der Waals surface area (Å²) >= 11 is 0. The third kappa shape index (κ3) is 6.89. The highest BCUT2D eigenvalue weighted by molar-refractivity contribution is 6.21. The number of benzene rings is 3. The predicted molar refractivity (Wildman–Crippen MR) is 182 cm³/mol. The Morgan fingerprint density at radius 2 is 1.68 bits per heavy atom. The molecule has 1 unspecified atom stereocenters. The van der Waals surface area contributed by atoms with Crippen LogP contribution in [0.25, 0.3) is 0 Å². The van der Waals surface area contributed by atoms with Gasteiger partial charge in [0.05, 0.1) is 28.4 Å². The number of nitriles is 1. The number of hydrogen-bond donors (Lipinski definition) is 0. The molecule has 0 aliphatic carbocycles. The third-order valence-corrected chi connectivity index (χ3v) is 9.53. The standard InChI is InChI=1S/C38H43N5O4/c1-26(14-20-42-35(44)32-10-5-6-11-33(32)36(42)45)40-18-16-30(17-19-40)43(25-28-9-7-8-27(22-28)24-39)31-12-13-34-29(23-31)15-21-41(34)37(46)47-38(2,3)4/h5-13,22-23,26,30H,14-21,25H2,1-4H3. The zero-order chi connectivity index (χ0) is 33.3. The first-order chi connectivity index (χ1) is 22.5. The number of fused-ring (bicyclic) bond motifs is 2. The highest BCUT2D eigenvalue weighted by Gasteiger charge is 2.36. The Labute approximate surface area is 277 Å². The van der Waals surface area contributed by atoms with Crippen molar-refractivity contribution in [1.82, 2.24) is 9.80 Å². The molecule has 0 bridgehead atoms. The Balaban J connectivity index is 1.14. The van der Waals surface area contributed by atoms with E-state index in [0.717, 1.165) is 61.3 Å². The number of carbonyl (C=O) groups is 3. The molecule has 0 saturated carbocycles. The second-order valence-corrected chi connectivity index (χ2v) is 13.8. The SMILES string of the molecule is CC(CCN1C(=O)c2ccccc2C1=O)N1CCC(N(Cc2cccc(C#N)c2)c2ccc3c(c2)CCN3C(=O)OC(C)(C)C)CC1. The minimum Gasteiger partial charge on any atom is -0.443 e. The number of imide groups is 1. The van der Waals surface area contributed by atoms with Gasteiger partial charge in [0.15, 0.2) is 0 Å². The van der Waals surface area contributed by atoms with Gasteiger partial charge in [-0.25, -0.2) is 4.79 Å². The molecular weight excluding hydrogens is 590 g/mol. The lowest BCUT2D eigenvalue weighted by atomic mass is 9.98. The summed E-state index contributed by atoms with van der Waals surface area (Å²) in [5.74, 6) is -0.396. The summed E-state index contributed by atoms with van der Waals surface area (Å²) < 4.78 is 5.66. The number of carbonyl (C=O) groups excluding carboxylic acids is 3. The Hall–Kier alpha value is -4.68. The summed E-state index contributed by atoms with van der Waals surface area (Å²) in [6.07, 6.45) is 3.08. The summed E-state index contributed by atoms with van der Waals surface area (Å²) in [6.45, 7) is 11.3. The molecule has 0 radical (unpaired) electrons. The fourth-order valence-corrected chi connectivity index (χ4v) is 7.02. The number of nitrogens with zero attached hydrogens (tertiary/aromatic N) is 5. The summed E-state index contributed by atoms with van der Waals surface area (Å²) in [6, 6.07) is 24.0. The molecule has 47 heavy (non-hydrogen) atoms. The van der Waals surface area contributed by atoms with Crippen LogP contribution in [0.5, 0.6) is 0 Å². The van der Waals surface area contributed by atoms with Gasteiger partial charge in [-0.15, -0.1) is 0 Å². The topological polar surface area (TPSA) is 97.2 Å². The zero-order valence-electron chi connectivity index (χ0n) is 27.7. The molecular formula is C38H43N5O4. The molecule has 244 valence electrons. The van der Waals surface area contributed by atoms with Crippen molar-refractivity contribution >= 4 is 29.3 Å². The van der Waals surface area contributed by atoms with Gasteiger partial charge in [-0.05, 0) is 107 Å². The molecule has 6 rings (SSSR count). The van der Waals surface area contributed by atoms with Gasteiger partial charge in [0.25, 0.3) is 11.8 Å². The average molecular weight is 634 g/mol. The van der Waals surface area contributed by atoms with E-state index < -0.39 is 5.60 Å². The largest absolute Gasteiger partial charge is 0.443 e. The molecule has 9 nitrogen and oxygen atoms in total. The third-order valence-electron chi connectivity index (χ3n) is 9.53. The summed E-state index contributed by atoms with van der Waals surface area (Å²) in [5, 5.41) is 9.52. The number of anilines is 2. The van der Waals surface area contributed by atoms with Crippen molar-refractivity contribution in [3.63, 3.8) is 0 Å². The highest BCUT2D eigenvalue weighted by atomic mass is 16.6. The van der Waals surface area contributed by atoms with Gasteiger partial charge in [0, 0.05) is 50.5 Å². The van der Waals surface area contributed by atoms with Crippen molar-refractivity contribution in [3.8, 4) is 6.07 Å². The maximum atomic E-state index is 12.9. The fourth-order valence-electron chi connectivity index (χ4n) is 7.02. The van der Waals surface area contributed by atoms with E-state index in [9.17, 15) is 19.6 Å². The number of ether oxygens (including phenoxy) is 1. The first-order valence-corrected chi connectivity index (χ1v) is 16.6. The first-order valence-electron chi connectivity index (χ1n) is 16.6. The molecule has 3 heterocycles. The van der Waals surface area contributed by atoms with Crippen LogP contribution in [0.2, 0.25) is 0 Å². The number of amides is 3. The molecule has 3 amide bonds. The minimum atomic E-state index is -0.560. The van der Waals surface area contributed by atoms with E-state index in [1.54, 1.807) is 29.2 Å². The molecule has 1 fully saturated rings. The van der Waals surface area contributed by atoms with Crippen LogP contribution in [0.15, 0.2) is 66.7 Å². The van der Waals surface area contributed by atoms with Crippen LogP contribution in [0.4, 0.5) is 16.2 Å². The zero-order valence-corrected chi connectivity index (χ0v) is 27.7. The van der Waals surface area contributed by atoms with Gasteiger partial charge in [-0.3, -0.25) is 19.4 Å². The highest BCUT2D eigenvalue weighted by Crippen LogP contribution is 2.35. The van der Waals surface area contributed by atoms with Crippen molar-refractivity contribution in [2.75, 3.05) is 36.0 Å². The van der Waals surface area contributed by atoms with Crippen molar-refractivity contribution in [2.24, 2.45) is 0 Å². The average Bonchev–Trinajstić information content (AvgIpc) is 3.60. The minimum absolute atomic E-state index is 0.198.